The fourth-order valence-corrected chi connectivity index (χ4v) is 2.18. The molecule has 0 aliphatic heterocycles. The number of hydrogen-bond donors (Lipinski definition) is 0. The van der Waals surface area contributed by atoms with Crippen LogP contribution in [-0.2, 0) is 14.4 Å². The van der Waals surface area contributed by atoms with Gasteiger partial charge in [0.25, 0.3) is 0 Å². The minimum Gasteiger partial charge on any atom is -0.303 e. The van der Waals surface area contributed by atoms with Crippen molar-refractivity contribution in [1.29, 1.82) is 0 Å². The summed E-state index contributed by atoms with van der Waals surface area (Å²) in [6.45, 7) is 0. The van der Waals surface area contributed by atoms with E-state index in [9.17, 15) is 9.59 Å². The highest BCUT2D eigenvalue weighted by Gasteiger charge is 2.27. The van der Waals surface area contributed by atoms with Crippen LogP contribution < -0.4 is 0 Å². The van der Waals surface area contributed by atoms with Crippen molar-refractivity contribution in [3.8, 4) is 0 Å². The van der Waals surface area contributed by atoms with E-state index in [4.69, 9.17) is 28.0 Å². The molecule has 0 amide bonds. The van der Waals surface area contributed by atoms with Gasteiger partial charge in [0, 0.05) is 19.4 Å². The highest BCUT2D eigenvalue weighted by atomic mass is 35.5. The van der Waals surface area contributed by atoms with Gasteiger partial charge in [-0.25, -0.2) is 0 Å². The second-order valence-electron chi connectivity index (χ2n) is 4.04. The van der Waals surface area contributed by atoms with E-state index < -0.39 is 6.04 Å². The van der Waals surface area contributed by atoms with Crippen molar-refractivity contribution in [2.75, 3.05) is 14.2 Å². The van der Waals surface area contributed by atoms with E-state index in [-0.39, 0.29) is 12.3 Å². The molecular weight excluding hydrogens is 289 g/mol. The van der Waals surface area contributed by atoms with E-state index in [1.165, 1.54) is 12.2 Å². The summed E-state index contributed by atoms with van der Waals surface area (Å²) in [5, 5.41) is 2.22. The first kappa shape index (κ1) is 16.1. The third-order valence-corrected chi connectivity index (χ3v) is 3.72. The van der Waals surface area contributed by atoms with Crippen molar-refractivity contribution in [3.63, 3.8) is 0 Å². The van der Waals surface area contributed by atoms with E-state index in [0.717, 1.165) is 18.1 Å². The minimum atomic E-state index is -0.576. The number of aldehydes is 2. The van der Waals surface area contributed by atoms with Crippen molar-refractivity contribution in [2.45, 2.75) is 18.4 Å². The van der Waals surface area contributed by atoms with E-state index in [2.05, 4.69) is 0 Å². The highest BCUT2D eigenvalue weighted by molar-refractivity contribution is 6.42. The van der Waals surface area contributed by atoms with Crippen molar-refractivity contribution < 1.29 is 14.4 Å². The van der Waals surface area contributed by atoms with Gasteiger partial charge < -0.3 is 14.4 Å². The monoisotopic (exact) mass is 303 g/mol. The summed E-state index contributed by atoms with van der Waals surface area (Å²) in [4.78, 5) is 27.1. The van der Waals surface area contributed by atoms with Gasteiger partial charge in [-0.05, 0) is 17.7 Å². The molecule has 1 aromatic carbocycles. The molecule has 19 heavy (non-hydrogen) atoms. The third-order valence-electron chi connectivity index (χ3n) is 2.98. The number of halogens is 2. The van der Waals surface area contributed by atoms with Gasteiger partial charge in [0.15, 0.2) is 0 Å². The summed E-state index contributed by atoms with van der Waals surface area (Å²) in [5.74, 6) is -0.338. The fraction of sp³-hybridized carbons (Fsp3) is 0.385. The van der Waals surface area contributed by atoms with Crippen molar-refractivity contribution in [2.24, 2.45) is 0 Å². The number of carbonyl (C=O) groups excluding carboxylic acids is 2. The van der Waals surface area contributed by atoms with E-state index in [0.29, 0.717) is 10.0 Å². The van der Waals surface area contributed by atoms with Crippen LogP contribution in [0, 0.1) is 0 Å². The Labute approximate surface area is 122 Å². The molecule has 1 aromatic rings. The van der Waals surface area contributed by atoms with Gasteiger partial charge >= 0.3 is 0 Å². The number of hydroxylamine groups is 2. The second kappa shape index (κ2) is 7.60. The number of rotatable bonds is 7. The molecule has 0 aliphatic rings. The Kier molecular flexibility index (Phi) is 6.45. The lowest BCUT2D eigenvalue weighted by Gasteiger charge is -2.28. The average Bonchev–Trinajstić information content (AvgIpc) is 2.41. The first-order chi connectivity index (χ1) is 9.04. The van der Waals surface area contributed by atoms with Crippen LogP contribution in [0.25, 0.3) is 0 Å². The van der Waals surface area contributed by atoms with Crippen molar-refractivity contribution >= 4 is 35.8 Å². The molecule has 0 N–H and O–H groups in total. The van der Waals surface area contributed by atoms with Crippen LogP contribution in [0.15, 0.2) is 18.2 Å². The topological polar surface area (TPSA) is 46.6 Å². The maximum absolute atomic E-state index is 11.3. The van der Waals surface area contributed by atoms with Gasteiger partial charge in [0.2, 0.25) is 0 Å². The van der Waals surface area contributed by atoms with Crippen LogP contribution in [0.5, 0.6) is 0 Å². The molecule has 2 atom stereocenters. The zero-order valence-electron chi connectivity index (χ0n) is 10.7. The van der Waals surface area contributed by atoms with Crippen LogP contribution in [-0.4, -0.2) is 37.8 Å². The Morgan fingerprint density at radius 1 is 1.32 bits per heavy atom. The smallest absolute Gasteiger partial charge is 0.140 e. The molecule has 1 rings (SSSR count). The summed E-state index contributed by atoms with van der Waals surface area (Å²) in [7, 11) is 3.09. The summed E-state index contributed by atoms with van der Waals surface area (Å²) in [5.41, 5.74) is 0.766. The van der Waals surface area contributed by atoms with Crippen LogP contribution in [0.4, 0.5) is 0 Å². The summed E-state index contributed by atoms with van der Waals surface area (Å²) in [6.07, 6.45) is 1.71. The van der Waals surface area contributed by atoms with E-state index >= 15 is 0 Å². The molecular formula is C13H15Cl2NO3. The third kappa shape index (κ3) is 4.01. The molecule has 0 spiro atoms. The largest absolute Gasteiger partial charge is 0.303 e. The van der Waals surface area contributed by atoms with Crippen LogP contribution >= 0.6 is 23.2 Å². The Morgan fingerprint density at radius 3 is 2.47 bits per heavy atom. The standard InChI is InChI=1S/C13H15Cl2NO3/c1-16(19-2)13(8-18)10(5-6-17)9-3-4-11(14)12(15)7-9/h3-4,6-8,10,13H,5H2,1-2H3/t10-,13?/m1/s1. The van der Waals surface area contributed by atoms with Gasteiger partial charge in [0.05, 0.1) is 23.2 Å². The Hall–Kier alpha value is -0.940. The number of hydrogen-bond acceptors (Lipinski definition) is 4. The number of benzene rings is 1. The van der Waals surface area contributed by atoms with Gasteiger partial charge in [0.1, 0.15) is 12.6 Å². The Morgan fingerprint density at radius 2 is 2.00 bits per heavy atom. The zero-order chi connectivity index (χ0) is 14.4. The Bertz CT molecular complexity index is 454. The average molecular weight is 304 g/mol. The molecule has 6 heteroatoms. The first-order valence-corrected chi connectivity index (χ1v) is 6.41. The second-order valence-corrected chi connectivity index (χ2v) is 4.85. The summed E-state index contributed by atoms with van der Waals surface area (Å²) < 4.78 is 0. The van der Waals surface area contributed by atoms with E-state index in [1.54, 1.807) is 25.2 Å². The molecule has 0 saturated carbocycles. The minimum absolute atomic E-state index is 0.190. The molecule has 0 aliphatic carbocycles. The van der Waals surface area contributed by atoms with Gasteiger partial charge in [-0.2, -0.15) is 5.06 Å². The number of likely N-dealkylation sites (N-methyl/N-ethyl adjacent to an activating group) is 1. The molecule has 1 unspecified atom stereocenters. The van der Waals surface area contributed by atoms with Crippen LogP contribution in [0.1, 0.15) is 17.9 Å². The van der Waals surface area contributed by atoms with Crippen molar-refractivity contribution in [3.05, 3.63) is 33.8 Å². The quantitative estimate of drug-likeness (QED) is 0.574. The fourth-order valence-electron chi connectivity index (χ4n) is 1.88. The molecule has 0 aromatic heterocycles. The molecule has 0 saturated heterocycles. The van der Waals surface area contributed by atoms with Crippen molar-refractivity contribution in [1.82, 2.24) is 5.06 Å². The van der Waals surface area contributed by atoms with Crippen LogP contribution in [0.3, 0.4) is 0 Å². The highest BCUT2D eigenvalue weighted by Crippen LogP contribution is 2.30. The summed E-state index contributed by atoms with van der Waals surface area (Å²) in [6, 6.07) is 4.49. The molecule has 0 heterocycles. The first-order valence-electron chi connectivity index (χ1n) is 5.66. The molecule has 0 radical (unpaired) electrons. The SMILES string of the molecule is CON(C)C(C=O)[C@H](CC=O)c1ccc(Cl)c(Cl)c1. The molecule has 0 fully saturated rings. The number of nitrogens with zero attached hydrogens (tertiary/aromatic N) is 1. The van der Waals surface area contributed by atoms with Gasteiger partial charge in [-0.3, -0.25) is 0 Å². The molecule has 4 nitrogen and oxygen atoms in total. The normalized spacial score (nSPS) is 14.2. The lowest BCUT2D eigenvalue weighted by molar-refractivity contribution is -0.155. The van der Waals surface area contributed by atoms with Gasteiger partial charge in [-0.1, -0.05) is 29.3 Å². The maximum Gasteiger partial charge on any atom is 0.140 e. The van der Waals surface area contributed by atoms with Gasteiger partial charge in [-0.15, -0.1) is 0 Å². The summed E-state index contributed by atoms with van der Waals surface area (Å²) >= 11 is 11.8. The Balaban J connectivity index is 3.13. The zero-order valence-corrected chi connectivity index (χ0v) is 12.2. The van der Waals surface area contributed by atoms with Crippen LogP contribution in [0.2, 0.25) is 10.0 Å². The lowest BCUT2D eigenvalue weighted by atomic mass is 9.89. The molecule has 104 valence electrons. The number of carbonyl (C=O) groups is 2. The predicted molar refractivity (Wildman–Crippen MR) is 74.5 cm³/mol. The molecule has 0 bridgehead atoms. The predicted octanol–water partition coefficient (Wildman–Crippen LogP) is 2.73. The lowest BCUT2D eigenvalue weighted by Crippen LogP contribution is -2.37. The van der Waals surface area contributed by atoms with E-state index in [1.807, 2.05) is 0 Å². The maximum atomic E-state index is 11.3.